The van der Waals surface area contributed by atoms with Crippen molar-refractivity contribution in [1.82, 2.24) is 35.0 Å². The highest BCUT2D eigenvalue weighted by atomic mass is 16.5. The lowest BCUT2D eigenvalue weighted by Crippen LogP contribution is -2.50. The SMILES string of the molecule is CCCCn1c2cc(NC(=O)[C@@H]3CCCN3CC(NC(=O)O)[C@H](C)C=O)ccc2c2ccc(-c3c[nH]c([C@@H]4CCCN4C(=O)[C@H](NC(=O)OC)c4ccccc4)n3)cc21. The number of rotatable bonds is 15. The minimum Gasteiger partial charge on any atom is -0.465 e. The largest absolute Gasteiger partial charge is 0.465 e. The van der Waals surface area contributed by atoms with Crippen LogP contribution < -0.4 is 16.0 Å². The Morgan fingerprint density at radius 1 is 0.983 bits per heavy atom. The van der Waals surface area contributed by atoms with Crippen LogP contribution >= 0.6 is 0 Å². The first-order valence-corrected chi connectivity index (χ1v) is 20.4. The molecule has 310 valence electrons. The Balaban J connectivity index is 1.13. The molecule has 0 bridgehead atoms. The van der Waals surface area contributed by atoms with Crippen molar-refractivity contribution in [2.75, 3.05) is 32.1 Å². The monoisotopic (exact) mass is 804 g/mol. The average molecular weight is 805 g/mol. The molecule has 0 aliphatic carbocycles. The van der Waals surface area contributed by atoms with Gasteiger partial charge in [0.05, 0.1) is 36.4 Å². The standard InChI is InChI=1S/C44H52N8O7/c1-4-5-20-51-37-22-29(33-24-45-40(47-33)35-13-10-21-52(35)42(55)39(49-44(58)59-3)28-11-7-6-8-12-28)15-17-31(37)32-18-16-30(23-38(32)51)46-41(54)36-14-9-19-50(36)25-34(27(2)26-53)48-43(56)57/h6-8,11-12,15-18,22-24,26-27,34-36,39,48H,4-5,9-10,13-14,19-21,25H2,1-3H3,(H,45,47)(H,46,54)(H,49,58)(H,56,57)/t27-,34?,35+,36+,39-/m1/s1. The van der Waals surface area contributed by atoms with Gasteiger partial charge in [0, 0.05) is 59.3 Å². The van der Waals surface area contributed by atoms with Gasteiger partial charge in [0.1, 0.15) is 18.2 Å². The van der Waals surface area contributed by atoms with Gasteiger partial charge in [-0.05, 0) is 62.4 Å². The van der Waals surface area contributed by atoms with Gasteiger partial charge in [0.25, 0.3) is 5.91 Å². The van der Waals surface area contributed by atoms with Crippen LogP contribution in [0.15, 0.2) is 72.9 Å². The van der Waals surface area contributed by atoms with Crippen molar-refractivity contribution in [3.63, 3.8) is 0 Å². The van der Waals surface area contributed by atoms with E-state index in [9.17, 15) is 29.1 Å². The fourth-order valence-corrected chi connectivity index (χ4v) is 8.55. The van der Waals surface area contributed by atoms with E-state index in [0.29, 0.717) is 36.6 Å². The first-order chi connectivity index (χ1) is 28.6. The number of hydrogen-bond acceptors (Lipinski definition) is 8. The van der Waals surface area contributed by atoms with E-state index in [4.69, 9.17) is 9.72 Å². The highest BCUT2D eigenvalue weighted by molar-refractivity contribution is 6.10. The molecule has 5 aromatic rings. The van der Waals surface area contributed by atoms with Crippen LogP contribution in [0.25, 0.3) is 33.1 Å². The second-order valence-electron chi connectivity index (χ2n) is 15.5. The molecule has 2 saturated heterocycles. The van der Waals surface area contributed by atoms with E-state index in [0.717, 1.165) is 78.0 Å². The topological polar surface area (TPSA) is 191 Å². The molecule has 2 aliphatic heterocycles. The lowest BCUT2D eigenvalue weighted by atomic mass is 10.0. The van der Waals surface area contributed by atoms with Gasteiger partial charge in [0.15, 0.2) is 0 Å². The second-order valence-corrected chi connectivity index (χ2v) is 15.5. The molecule has 3 aromatic carbocycles. The maximum atomic E-state index is 14.0. The second kappa shape index (κ2) is 18.1. The molecule has 5 atom stereocenters. The Labute approximate surface area is 342 Å². The van der Waals surface area contributed by atoms with E-state index >= 15 is 0 Å². The molecular formula is C44H52N8O7. The van der Waals surface area contributed by atoms with E-state index in [2.05, 4.69) is 50.6 Å². The summed E-state index contributed by atoms with van der Waals surface area (Å²) in [5, 5.41) is 19.8. The molecule has 4 amide bonds. The average Bonchev–Trinajstić information content (AvgIpc) is 4.07. The number of nitrogens with one attached hydrogen (secondary N) is 4. The summed E-state index contributed by atoms with van der Waals surface area (Å²) in [6.07, 6.45) is 5.61. The summed E-state index contributed by atoms with van der Waals surface area (Å²) in [6, 6.07) is 19.1. The Hall–Kier alpha value is -6.22. The molecule has 0 saturated carbocycles. The lowest BCUT2D eigenvalue weighted by Gasteiger charge is -2.29. The van der Waals surface area contributed by atoms with Gasteiger partial charge in [-0.2, -0.15) is 0 Å². The van der Waals surface area contributed by atoms with Gasteiger partial charge in [-0.1, -0.05) is 68.8 Å². The Bertz CT molecular complexity index is 2320. The van der Waals surface area contributed by atoms with Crippen LogP contribution in [-0.2, 0) is 25.7 Å². The van der Waals surface area contributed by atoms with Crippen molar-refractivity contribution in [2.45, 2.75) is 83.1 Å². The summed E-state index contributed by atoms with van der Waals surface area (Å²) in [7, 11) is 1.27. The Kier molecular flexibility index (Phi) is 12.6. The van der Waals surface area contributed by atoms with Gasteiger partial charge in [-0.3, -0.25) is 14.5 Å². The van der Waals surface area contributed by atoms with E-state index in [1.54, 1.807) is 11.8 Å². The van der Waals surface area contributed by atoms with Gasteiger partial charge < -0.3 is 45.0 Å². The number of carbonyl (C=O) groups is 5. The van der Waals surface area contributed by atoms with Gasteiger partial charge >= 0.3 is 12.2 Å². The number of nitrogens with zero attached hydrogens (tertiary/aromatic N) is 4. The van der Waals surface area contributed by atoms with Crippen molar-refractivity contribution >= 4 is 57.8 Å². The number of ether oxygens (including phenoxy) is 1. The molecule has 15 heteroatoms. The predicted octanol–water partition coefficient (Wildman–Crippen LogP) is 6.62. The van der Waals surface area contributed by atoms with Crippen LogP contribution in [0.3, 0.4) is 0 Å². The maximum absolute atomic E-state index is 14.0. The molecule has 4 heterocycles. The number of alkyl carbamates (subject to hydrolysis) is 1. The molecular weight excluding hydrogens is 753 g/mol. The maximum Gasteiger partial charge on any atom is 0.407 e. The summed E-state index contributed by atoms with van der Waals surface area (Å²) >= 11 is 0. The first kappa shape index (κ1) is 41.0. The minimum absolute atomic E-state index is 0.166. The summed E-state index contributed by atoms with van der Waals surface area (Å²) in [5.74, 6) is -0.259. The van der Waals surface area contributed by atoms with Crippen LogP contribution in [-0.4, -0.2) is 98.6 Å². The third kappa shape index (κ3) is 8.80. The molecule has 15 nitrogen and oxygen atoms in total. The van der Waals surface area contributed by atoms with E-state index in [1.165, 1.54) is 7.11 Å². The highest BCUT2D eigenvalue weighted by Crippen LogP contribution is 2.37. The molecule has 2 aliphatic rings. The number of amides is 4. The Morgan fingerprint density at radius 2 is 1.73 bits per heavy atom. The number of carbonyl (C=O) groups excluding carboxylic acids is 4. The number of likely N-dealkylation sites (tertiary alicyclic amines) is 2. The van der Waals surface area contributed by atoms with Gasteiger partial charge in [-0.15, -0.1) is 0 Å². The van der Waals surface area contributed by atoms with E-state index in [-0.39, 0.29) is 24.4 Å². The predicted molar refractivity (Wildman–Crippen MR) is 224 cm³/mol. The fraction of sp³-hybridized carbons (Fsp3) is 0.409. The molecule has 5 N–H and O–H groups in total. The van der Waals surface area contributed by atoms with Crippen molar-refractivity contribution in [1.29, 1.82) is 0 Å². The molecule has 1 unspecified atom stereocenters. The molecule has 59 heavy (non-hydrogen) atoms. The first-order valence-electron chi connectivity index (χ1n) is 20.4. The number of benzene rings is 3. The number of carboxylic acid groups (broad SMARTS) is 1. The number of aldehydes is 1. The zero-order chi connectivity index (χ0) is 41.6. The van der Waals surface area contributed by atoms with E-state index in [1.807, 2.05) is 59.6 Å². The van der Waals surface area contributed by atoms with E-state index < -0.39 is 36.2 Å². The fourth-order valence-electron chi connectivity index (χ4n) is 8.55. The summed E-state index contributed by atoms with van der Waals surface area (Å²) in [4.78, 5) is 75.1. The van der Waals surface area contributed by atoms with Crippen LogP contribution in [0.4, 0.5) is 15.3 Å². The number of unbranched alkanes of at least 4 members (excludes halogenated alkanes) is 1. The normalized spacial score (nSPS) is 18.4. The van der Waals surface area contributed by atoms with Crippen molar-refractivity contribution in [3.8, 4) is 11.3 Å². The summed E-state index contributed by atoms with van der Waals surface area (Å²) < 4.78 is 7.14. The lowest BCUT2D eigenvalue weighted by molar-refractivity contribution is -0.134. The number of aryl methyl sites for hydroxylation is 1. The third-order valence-electron chi connectivity index (χ3n) is 11.7. The number of anilines is 1. The molecule has 0 radical (unpaired) electrons. The number of H-pyrrole nitrogens is 1. The molecule has 2 aromatic heterocycles. The Morgan fingerprint density at radius 3 is 2.46 bits per heavy atom. The summed E-state index contributed by atoms with van der Waals surface area (Å²) in [6.45, 7) is 6.02. The van der Waals surface area contributed by atoms with Crippen LogP contribution in [0.2, 0.25) is 0 Å². The quantitative estimate of drug-likeness (QED) is 0.0724. The number of aromatic nitrogens is 3. The number of imidazole rings is 1. The molecule has 0 spiro atoms. The third-order valence-corrected chi connectivity index (χ3v) is 11.7. The zero-order valence-electron chi connectivity index (χ0n) is 33.6. The van der Waals surface area contributed by atoms with Crippen LogP contribution in [0.5, 0.6) is 0 Å². The number of hydrogen-bond donors (Lipinski definition) is 5. The van der Waals surface area contributed by atoms with Gasteiger partial charge in [-0.25, -0.2) is 14.6 Å². The molecule has 2 fully saturated rings. The van der Waals surface area contributed by atoms with Crippen LogP contribution in [0.1, 0.15) is 75.8 Å². The number of methoxy groups -OCH3 is 1. The molecule has 7 rings (SSSR count). The summed E-state index contributed by atoms with van der Waals surface area (Å²) in [5.41, 5.74) is 5.03. The van der Waals surface area contributed by atoms with Crippen molar-refractivity contribution < 1.29 is 33.8 Å². The smallest absolute Gasteiger partial charge is 0.407 e. The van der Waals surface area contributed by atoms with Crippen molar-refractivity contribution in [3.05, 3.63) is 84.3 Å². The number of fused-ring (bicyclic) bond motifs is 3. The van der Waals surface area contributed by atoms with Crippen molar-refractivity contribution in [2.24, 2.45) is 5.92 Å². The minimum atomic E-state index is -1.20. The zero-order valence-corrected chi connectivity index (χ0v) is 33.6. The van der Waals surface area contributed by atoms with Gasteiger partial charge in [0.2, 0.25) is 5.91 Å². The highest BCUT2D eigenvalue weighted by Gasteiger charge is 2.37. The van der Waals surface area contributed by atoms with Crippen LogP contribution in [0, 0.1) is 5.92 Å². The number of aromatic amines is 1.